The van der Waals surface area contributed by atoms with Gasteiger partial charge in [0, 0.05) is 32.7 Å². The SMILES string of the molecule is COCCCC(=O)N1CCCCC1CC(=O)OC. The number of nitrogens with zero attached hydrogens (tertiary/aromatic N) is 1. The molecule has 18 heavy (non-hydrogen) atoms. The number of methoxy groups -OCH3 is 2. The quantitative estimate of drug-likeness (QED) is 0.532. The van der Waals surface area contributed by atoms with Gasteiger partial charge in [0.1, 0.15) is 0 Å². The van der Waals surface area contributed by atoms with Crippen LogP contribution in [0.4, 0.5) is 0 Å². The molecule has 1 aliphatic rings. The molecule has 5 heteroatoms. The lowest BCUT2D eigenvalue weighted by Gasteiger charge is -2.35. The lowest BCUT2D eigenvalue weighted by Crippen LogP contribution is -2.44. The van der Waals surface area contributed by atoms with Crippen molar-refractivity contribution in [3.63, 3.8) is 0 Å². The molecule has 0 radical (unpaired) electrons. The van der Waals surface area contributed by atoms with Gasteiger partial charge in [-0.3, -0.25) is 9.59 Å². The number of hydrogen-bond donors (Lipinski definition) is 0. The van der Waals surface area contributed by atoms with Gasteiger partial charge in [-0.05, 0) is 25.7 Å². The van der Waals surface area contributed by atoms with Crippen LogP contribution in [0, 0.1) is 0 Å². The highest BCUT2D eigenvalue weighted by Gasteiger charge is 2.28. The van der Waals surface area contributed by atoms with Gasteiger partial charge in [-0.25, -0.2) is 0 Å². The molecule has 0 aliphatic carbocycles. The van der Waals surface area contributed by atoms with E-state index >= 15 is 0 Å². The molecule has 0 aromatic rings. The van der Waals surface area contributed by atoms with E-state index in [9.17, 15) is 9.59 Å². The summed E-state index contributed by atoms with van der Waals surface area (Å²) in [6, 6.07) is 0.0150. The van der Waals surface area contributed by atoms with E-state index in [0.29, 0.717) is 19.4 Å². The van der Waals surface area contributed by atoms with Gasteiger partial charge in [-0.15, -0.1) is 0 Å². The number of hydrogen-bond acceptors (Lipinski definition) is 4. The zero-order valence-corrected chi connectivity index (χ0v) is 11.3. The van der Waals surface area contributed by atoms with Gasteiger partial charge in [0.15, 0.2) is 0 Å². The third-order valence-corrected chi connectivity index (χ3v) is 3.32. The molecule has 1 fully saturated rings. The summed E-state index contributed by atoms with van der Waals surface area (Å²) in [5.41, 5.74) is 0. The van der Waals surface area contributed by atoms with Crippen LogP contribution < -0.4 is 0 Å². The molecule has 0 aromatic heterocycles. The Morgan fingerprint density at radius 2 is 2.06 bits per heavy atom. The Morgan fingerprint density at radius 3 is 2.72 bits per heavy atom. The fourth-order valence-corrected chi connectivity index (χ4v) is 2.33. The van der Waals surface area contributed by atoms with Crippen molar-refractivity contribution in [1.29, 1.82) is 0 Å². The Morgan fingerprint density at radius 1 is 1.28 bits per heavy atom. The molecule has 1 saturated heterocycles. The van der Waals surface area contributed by atoms with E-state index in [1.165, 1.54) is 7.11 Å². The first kappa shape index (κ1) is 15.0. The number of piperidine rings is 1. The van der Waals surface area contributed by atoms with Gasteiger partial charge >= 0.3 is 5.97 Å². The summed E-state index contributed by atoms with van der Waals surface area (Å²) in [5, 5.41) is 0. The highest BCUT2D eigenvalue weighted by atomic mass is 16.5. The number of ether oxygens (including phenoxy) is 2. The Balaban J connectivity index is 2.47. The summed E-state index contributed by atoms with van der Waals surface area (Å²) >= 11 is 0. The number of carbonyl (C=O) groups is 2. The average molecular weight is 257 g/mol. The largest absolute Gasteiger partial charge is 0.469 e. The highest BCUT2D eigenvalue weighted by molar-refractivity contribution is 5.78. The van der Waals surface area contributed by atoms with E-state index in [-0.39, 0.29) is 17.9 Å². The van der Waals surface area contributed by atoms with E-state index in [2.05, 4.69) is 4.74 Å². The van der Waals surface area contributed by atoms with Crippen LogP contribution >= 0.6 is 0 Å². The third-order valence-electron chi connectivity index (χ3n) is 3.32. The minimum Gasteiger partial charge on any atom is -0.469 e. The van der Waals surface area contributed by atoms with Crippen LogP contribution in [0.3, 0.4) is 0 Å². The molecular formula is C13H23NO4. The minimum absolute atomic E-state index is 0.0150. The van der Waals surface area contributed by atoms with E-state index in [0.717, 1.165) is 32.2 Å². The fraction of sp³-hybridized carbons (Fsp3) is 0.846. The van der Waals surface area contributed by atoms with Crippen LogP contribution in [0.2, 0.25) is 0 Å². The lowest BCUT2D eigenvalue weighted by molar-refractivity contribution is -0.144. The van der Waals surface area contributed by atoms with Crippen LogP contribution in [-0.2, 0) is 19.1 Å². The summed E-state index contributed by atoms with van der Waals surface area (Å²) < 4.78 is 9.63. The van der Waals surface area contributed by atoms with Gasteiger partial charge in [-0.1, -0.05) is 0 Å². The molecule has 1 rings (SSSR count). The van der Waals surface area contributed by atoms with Gasteiger partial charge in [0.2, 0.25) is 5.91 Å². The standard InChI is InChI=1S/C13H23NO4/c1-17-9-5-7-12(15)14-8-4-3-6-11(14)10-13(16)18-2/h11H,3-10H2,1-2H3. The number of likely N-dealkylation sites (tertiary alicyclic amines) is 1. The maximum absolute atomic E-state index is 12.1. The summed E-state index contributed by atoms with van der Waals surface area (Å²) in [6.07, 6.45) is 4.52. The zero-order chi connectivity index (χ0) is 13.4. The third kappa shape index (κ3) is 4.64. The molecule has 1 heterocycles. The zero-order valence-electron chi connectivity index (χ0n) is 11.3. The van der Waals surface area contributed by atoms with Crippen LogP contribution in [0.15, 0.2) is 0 Å². The Hall–Kier alpha value is -1.10. The van der Waals surface area contributed by atoms with Gasteiger partial charge in [0.25, 0.3) is 0 Å². The van der Waals surface area contributed by atoms with E-state index in [1.807, 2.05) is 4.90 Å². The predicted molar refractivity (Wildman–Crippen MR) is 67.1 cm³/mol. The molecular weight excluding hydrogens is 234 g/mol. The molecule has 0 N–H and O–H groups in total. The molecule has 5 nitrogen and oxygen atoms in total. The summed E-state index contributed by atoms with van der Waals surface area (Å²) in [5.74, 6) is -0.114. The van der Waals surface area contributed by atoms with Crippen LogP contribution in [0.1, 0.15) is 38.5 Å². The molecule has 0 aromatic carbocycles. The van der Waals surface area contributed by atoms with Crippen molar-refractivity contribution in [3.05, 3.63) is 0 Å². The van der Waals surface area contributed by atoms with Crippen molar-refractivity contribution in [2.75, 3.05) is 27.4 Å². The van der Waals surface area contributed by atoms with E-state index in [4.69, 9.17) is 4.74 Å². The van der Waals surface area contributed by atoms with Crippen molar-refractivity contribution in [3.8, 4) is 0 Å². The topological polar surface area (TPSA) is 55.8 Å². The molecule has 1 atom stereocenters. The first-order valence-electron chi connectivity index (χ1n) is 6.54. The first-order valence-corrected chi connectivity index (χ1v) is 6.54. The Kier molecular flexibility index (Phi) is 6.72. The van der Waals surface area contributed by atoms with Gasteiger partial charge in [0.05, 0.1) is 13.5 Å². The van der Waals surface area contributed by atoms with Crippen molar-refractivity contribution in [2.24, 2.45) is 0 Å². The monoisotopic (exact) mass is 257 g/mol. The number of rotatable bonds is 6. The number of esters is 1. The van der Waals surface area contributed by atoms with E-state index < -0.39 is 0 Å². The van der Waals surface area contributed by atoms with Crippen molar-refractivity contribution < 1.29 is 19.1 Å². The number of carbonyl (C=O) groups excluding carboxylic acids is 2. The summed E-state index contributed by atoms with van der Waals surface area (Å²) in [6.45, 7) is 1.36. The van der Waals surface area contributed by atoms with Crippen molar-refractivity contribution in [2.45, 2.75) is 44.6 Å². The van der Waals surface area contributed by atoms with Crippen LogP contribution in [-0.4, -0.2) is 50.2 Å². The molecule has 1 aliphatic heterocycles. The second-order valence-electron chi connectivity index (χ2n) is 4.61. The van der Waals surface area contributed by atoms with Crippen LogP contribution in [0.25, 0.3) is 0 Å². The predicted octanol–water partition coefficient (Wildman–Crippen LogP) is 1.36. The molecule has 0 bridgehead atoms. The number of amides is 1. The smallest absolute Gasteiger partial charge is 0.307 e. The fourth-order valence-electron chi connectivity index (χ4n) is 2.33. The average Bonchev–Trinajstić information content (AvgIpc) is 2.39. The molecule has 0 saturated carbocycles. The maximum atomic E-state index is 12.1. The van der Waals surface area contributed by atoms with E-state index in [1.54, 1.807) is 7.11 Å². The highest BCUT2D eigenvalue weighted by Crippen LogP contribution is 2.21. The van der Waals surface area contributed by atoms with Gasteiger partial charge < -0.3 is 14.4 Å². The van der Waals surface area contributed by atoms with Crippen LogP contribution in [0.5, 0.6) is 0 Å². The molecule has 104 valence electrons. The lowest BCUT2D eigenvalue weighted by atomic mass is 9.98. The second kappa shape index (κ2) is 8.08. The second-order valence-corrected chi connectivity index (χ2v) is 4.61. The maximum Gasteiger partial charge on any atom is 0.307 e. The molecule has 0 spiro atoms. The molecule has 1 unspecified atom stereocenters. The van der Waals surface area contributed by atoms with Crippen molar-refractivity contribution in [1.82, 2.24) is 4.90 Å². The Bertz CT molecular complexity index is 280. The van der Waals surface area contributed by atoms with Crippen molar-refractivity contribution >= 4 is 11.9 Å². The normalized spacial score (nSPS) is 19.7. The van der Waals surface area contributed by atoms with Gasteiger partial charge in [-0.2, -0.15) is 0 Å². The Labute approximate surface area is 108 Å². The minimum atomic E-state index is -0.239. The molecule has 1 amide bonds. The summed E-state index contributed by atoms with van der Waals surface area (Å²) in [4.78, 5) is 25.2. The first-order chi connectivity index (χ1) is 8.69. The summed E-state index contributed by atoms with van der Waals surface area (Å²) in [7, 11) is 3.02.